The molecule has 2 N–H and O–H groups in total. The van der Waals surface area contributed by atoms with Crippen LogP contribution in [0.25, 0.3) is 0 Å². The standard InChI is InChI=1S/C18H29NO4/c1-6-22-11-15-9-14(13(2)20)7-8-17(15)23-12-16(21)10-19-18(3,4)5/h7-9,16,19,21H,6,10-12H2,1-5H3. The van der Waals surface area contributed by atoms with Crippen LogP contribution in [0.1, 0.15) is 50.5 Å². The third-order valence-corrected chi connectivity index (χ3v) is 3.23. The average Bonchev–Trinajstić information content (AvgIpc) is 2.48. The summed E-state index contributed by atoms with van der Waals surface area (Å²) in [6.07, 6.45) is -0.610. The molecule has 1 rings (SSSR count). The maximum atomic E-state index is 11.5. The Bertz CT molecular complexity index is 508. The van der Waals surface area contributed by atoms with Gasteiger partial charge < -0.3 is 19.9 Å². The summed E-state index contributed by atoms with van der Waals surface area (Å²) in [4.78, 5) is 11.5. The number of ketones is 1. The van der Waals surface area contributed by atoms with Gasteiger partial charge in [0.05, 0.1) is 6.61 Å². The molecule has 0 radical (unpaired) electrons. The number of hydrogen-bond acceptors (Lipinski definition) is 5. The van der Waals surface area contributed by atoms with Crippen molar-refractivity contribution in [3.8, 4) is 5.75 Å². The molecule has 1 unspecified atom stereocenters. The molecule has 0 aliphatic carbocycles. The lowest BCUT2D eigenvalue weighted by Crippen LogP contribution is -2.42. The van der Waals surface area contributed by atoms with Crippen LogP contribution in [0.5, 0.6) is 5.75 Å². The maximum Gasteiger partial charge on any atom is 0.159 e. The number of benzene rings is 1. The van der Waals surface area contributed by atoms with Gasteiger partial charge in [-0.05, 0) is 52.8 Å². The van der Waals surface area contributed by atoms with Crippen LogP contribution in [0.2, 0.25) is 0 Å². The molecule has 1 atom stereocenters. The zero-order chi connectivity index (χ0) is 17.5. The second-order valence-electron chi connectivity index (χ2n) is 6.61. The fourth-order valence-corrected chi connectivity index (χ4v) is 1.93. The molecule has 1 aromatic rings. The summed E-state index contributed by atoms with van der Waals surface area (Å²) in [5.41, 5.74) is 1.39. The largest absolute Gasteiger partial charge is 0.490 e. The van der Waals surface area contributed by atoms with E-state index in [9.17, 15) is 9.90 Å². The molecule has 0 saturated heterocycles. The van der Waals surface area contributed by atoms with Crippen LogP contribution >= 0.6 is 0 Å². The fraction of sp³-hybridized carbons (Fsp3) is 0.611. The molecular weight excluding hydrogens is 294 g/mol. The first-order chi connectivity index (χ1) is 10.7. The molecule has 0 aliphatic heterocycles. The van der Waals surface area contributed by atoms with Crippen molar-refractivity contribution < 1.29 is 19.4 Å². The van der Waals surface area contributed by atoms with Crippen molar-refractivity contribution in [3.63, 3.8) is 0 Å². The van der Waals surface area contributed by atoms with E-state index < -0.39 is 6.10 Å². The molecule has 130 valence electrons. The number of ether oxygens (including phenoxy) is 2. The summed E-state index contributed by atoms with van der Waals surface area (Å²) >= 11 is 0. The third kappa shape index (κ3) is 7.59. The van der Waals surface area contributed by atoms with E-state index in [2.05, 4.69) is 5.32 Å². The Morgan fingerprint density at radius 2 is 2.04 bits per heavy atom. The molecule has 0 saturated carbocycles. The van der Waals surface area contributed by atoms with E-state index >= 15 is 0 Å². The first-order valence-corrected chi connectivity index (χ1v) is 8.00. The first-order valence-electron chi connectivity index (χ1n) is 8.00. The Morgan fingerprint density at radius 1 is 1.35 bits per heavy atom. The van der Waals surface area contributed by atoms with Crippen molar-refractivity contribution in [2.75, 3.05) is 19.8 Å². The van der Waals surface area contributed by atoms with E-state index in [4.69, 9.17) is 9.47 Å². The first kappa shape index (κ1) is 19.6. The third-order valence-electron chi connectivity index (χ3n) is 3.23. The molecule has 23 heavy (non-hydrogen) atoms. The predicted octanol–water partition coefficient (Wildman–Crippen LogP) is 2.55. The minimum atomic E-state index is -0.610. The molecule has 5 heteroatoms. The van der Waals surface area contributed by atoms with Gasteiger partial charge in [-0.2, -0.15) is 0 Å². The lowest BCUT2D eigenvalue weighted by Gasteiger charge is -2.23. The van der Waals surface area contributed by atoms with Crippen LogP contribution in [-0.4, -0.2) is 42.3 Å². The highest BCUT2D eigenvalue weighted by Gasteiger charge is 2.14. The van der Waals surface area contributed by atoms with Gasteiger partial charge in [0.15, 0.2) is 5.78 Å². The number of carbonyl (C=O) groups is 1. The van der Waals surface area contributed by atoms with Gasteiger partial charge in [0.25, 0.3) is 0 Å². The van der Waals surface area contributed by atoms with Crippen molar-refractivity contribution in [2.45, 2.75) is 52.9 Å². The van der Waals surface area contributed by atoms with Gasteiger partial charge in [-0.25, -0.2) is 0 Å². The SMILES string of the molecule is CCOCc1cc(C(C)=O)ccc1OCC(O)CNC(C)(C)C. The van der Waals surface area contributed by atoms with Gasteiger partial charge in [0.1, 0.15) is 18.5 Å². The molecule has 5 nitrogen and oxygen atoms in total. The molecule has 0 spiro atoms. The number of β-amino-alcohol motifs (C(OH)–C–C–N with tert-alkyl or cyclic N) is 1. The van der Waals surface area contributed by atoms with Crippen LogP contribution in [0.4, 0.5) is 0 Å². The van der Waals surface area contributed by atoms with Crippen molar-refractivity contribution >= 4 is 5.78 Å². The number of rotatable bonds is 9. The van der Waals surface area contributed by atoms with E-state index in [-0.39, 0.29) is 17.9 Å². The zero-order valence-electron chi connectivity index (χ0n) is 14.8. The smallest absolute Gasteiger partial charge is 0.159 e. The highest BCUT2D eigenvalue weighted by molar-refractivity contribution is 5.94. The minimum absolute atomic E-state index is 0.00344. The summed E-state index contributed by atoms with van der Waals surface area (Å²) in [7, 11) is 0. The van der Waals surface area contributed by atoms with Crippen molar-refractivity contribution in [1.82, 2.24) is 5.32 Å². The highest BCUT2D eigenvalue weighted by atomic mass is 16.5. The maximum absolute atomic E-state index is 11.5. The number of aliphatic hydroxyl groups is 1. The second kappa shape index (κ2) is 9.01. The van der Waals surface area contributed by atoms with Gasteiger partial charge in [0, 0.05) is 29.8 Å². The molecule has 0 bridgehead atoms. The summed E-state index contributed by atoms with van der Waals surface area (Å²) < 4.78 is 11.1. The Hall–Kier alpha value is -1.43. The number of nitrogens with one attached hydrogen (secondary N) is 1. The van der Waals surface area contributed by atoms with Crippen LogP contribution < -0.4 is 10.1 Å². The van der Waals surface area contributed by atoms with Crippen molar-refractivity contribution in [2.24, 2.45) is 0 Å². The number of carbonyl (C=O) groups excluding carboxylic acids is 1. The molecule has 0 aliphatic rings. The second-order valence-corrected chi connectivity index (χ2v) is 6.61. The minimum Gasteiger partial charge on any atom is -0.490 e. The van der Waals surface area contributed by atoms with Crippen LogP contribution in [0.3, 0.4) is 0 Å². The summed E-state index contributed by atoms with van der Waals surface area (Å²) in [5.74, 6) is 0.641. The number of aliphatic hydroxyl groups excluding tert-OH is 1. The van der Waals surface area contributed by atoms with E-state index in [1.54, 1.807) is 18.2 Å². The van der Waals surface area contributed by atoms with E-state index in [0.29, 0.717) is 31.1 Å². The van der Waals surface area contributed by atoms with Gasteiger partial charge in [-0.1, -0.05) is 0 Å². The molecule has 0 heterocycles. The Morgan fingerprint density at radius 3 is 2.61 bits per heavy atom. The lowest BCUT2D eigenvalue weighted by molar-refractivity contribution is 0.0950. The molecule has 0 amide bonds. The van der Waals surface area contributed by atoms with Crippen LogP contribution in [-0.2, 0) is 11.3 Å². The number of hydrogen-bond donors (Lipinski definition) is 2. The van der Waals surface area contributed by atoms with E-state index in [0.717, 1.165) is 5.56 Å². The Balaban J connectivity index is 2.68. The van der Waals surface area contributed by atoms with Gasteiger partial charge >= 0.3 is 0 Å². The zero-order valence-corrected chi connectivity index (χ0v) is 14.8. The topological polar surface area (TPSA) is 67.8 Å². The summed E-state index contributed by atoms with van der Waals surface area (Å²) in [6.45, 7) is 11.2. The normalized spacial score (nSPS) is 13.0. The van der Waals surface area contributed by atoms with Crippen molar-refractivity contribution in [1.29, 1.82) is 0 Å². The van der Waals surface area contributed by atoms with Gasteiger partial charge in [-0.3, -0.25) is 4.79 Å². The van der Waals surface area contributed by atoms with Crippen LogP contribution in [0, 0.1) is 0 Å². The van der Waals surface area contributed by atoms with Gasteiger partial charge in [0.2, 0.25) is 0 Å². The summed E-state index contributed by atoms with van der Waals surface area (Å²) in [6, 6.07) is 5.27. The monoisotopic (exact) mass is 323 g/mol. The molecule has 1 aromatic carbocycles. The fourth-order valence-electron chi connectivity index (χ4n) is 1.93. The highest BCUT2D eigenvalue weighted by Crippen LogP contribution is 2.22. The molecule has 0 aromatic heterocycles. The van der Waals surface area contributed by atoms with Gasteiger partial charge in [-0.15, -0.1) is 0 Å². The quantitative estimate of drug-likeness (QED) is 0.684. The molecule has 0 fully saturated rings. The lowest BCUT2D eigenvalue weighted by atomic mass is 10.1. The Kier molecular flexibility index (Phi) is 7.68. The Labute approximate surface area is 139 Å². The van der Waals surface area contributed by atoms with E-state index in [1.807, 2.05) is 27.7 Å². The van der Waals surface area contributed by atoms with Crippen LogP contribution in [0.15, 0.2) is 18.2 Å². The molecular formula is C18H29NO4. The van der Waals surface area contributed by atoms with E-state index in [1.165, 1.54) is 6.92 Å². The summed E-state index contributed by atoms with van der Waals surface area (Å²) in [5, 5.41) is 13.2. The van der Waals surface area contributed by atoms with Crippen molar-refractivity contribution in [3.05, 3.63) is 29.3 Å². The predicted molar refractivity (Wildman–Crippen MR) is 91.0 cm³/mol. The number of Topliss-reactive ketones (excluding diaryl/α,β-unsaturated/α-hetero) is 1. The average molecular weight is 323 g/mol.